The van der Waals surface area contributed by atoms with Crippen LogP contribution in [0.5, 0.6) is 0 Å². The Kier molecular flexibility index (Phi) is 4.61. The minimum Gasteiger partial charge on any atom is -0.252 e. The summed E-state index contributed by atoms with van der Waals surface area (Å²) in [4.78, 5) is 5.20. The summed E-state index contributed by atoms with van der Waals surface area (Å²) in [5, 5.41) is 1.25. The van der Waals surface area contributed by atoms with Crippen molar-refractivity contribution in [3.05, 3.63) is 137 Å². The van der Waals surface area contributed by atoms with Crippen molar-refractivity contribution >= 4 is 10.9 Å². The van der Waals surface area contributed by atoms with E-state index in [1.807, 2.05) is 0 Å². The molecule has 0 bridgehead atoms. The standard InChI is InChI=1S/C31H25N/c1-21-24-16-10-11-19-28(24)32-29-20-27(25-17-8-9-18-26(25)30(21)29)31(22-12-4-2-5-13-22)23-14-6-3-7-15-23/h2-19,27,31H,20H2,1H3. The molecule has 0 fully saturated rings. The van der Waals surface area contributed by atoms with E-state index >= 15 is 0 Å². The average molecular weight is 412 g/mol. The van der Waals surface area contributed by atoms with Gasteiger partial charge in [-0.05, 0) is 47.2 Å². The Morgan fingerprint density at radius 1 is 0.688 bits per heavy atom. The molecular formula is C31H25N. The molecule has 32 heavy (non-hydrogen) atoms. The van der Waals surface area contributed by atoms with E-state index in [9.17, 15) is 0 Å². The summed E-state index contributed by atoms with van der Waals surface area (Å²) in [5.74, 6) is 0.608. The van der Waals surface area contributed by atoms with Crippen LogP contribution in [0, 0.1) is 6.92 Å². The van der Waals surface area contributed by atoms with Crippen LogP contribution in [0.1, 0.15) is 39.8 Å². The van der Waals surface area contributed by atoms with Crippen LogP contribution in [-0.2, 0) is 6.42 Å². The minimum absolute atomic E-state index is 0.278. The monoisotopic (exact) mass is 411 g/mol. The second-order valence-electron chi connectivity index (χ2n) is 8.77. The zero-order valence-corrected chi connectivity index (χ0v) is 18.2. The molecule has 1 unspecified atom stereocenters. The molecule has 0 radical (unpaired) electrons. The molecule has 1 aliphatic rings. The van der Waals surface area contributed by atoms with Crippen molar-refractivity contribution in [2.45, 2.75) is 25.2 Å². The molecule has 1 aromatic heterocycles. The molecule has 6 rings (SSSR count). The Morgan fingerprint density at radius 2 is 1.28 bits per heavy atom. The van der Waals surface area contributed by atoms with Crippen LogP contribution >= 0.6 is 0 Å². The van der Waals surface area contributed by atoms with Crippen LogP contribution in [0.3, 0.4) is 0 Å². The molecule has 0 saturated heterocycles. The molecule has 1 aliphatic carbocycles. The molecule has 4 aromatic carbocycles. The molecule has 0 saturated carbocycles. The molecule has 5 aromatic rings. The van der Waals surface area contributed by atoms with Gasteiger partial charge in [0.1, 0.15) is 0 Å². The second kappa shape index (κ2) is 7.76. The van der Waals surface area contributed by atoms with Crippen molar-refractivity contribution in [2.75, 3.05) is 0 Å². The number of nitrogens with zero attached hydrogens (tertiary/aromatic N) is 1. The van der Waals surface area contributed by atoms with Crippen molar-refractivity contribution in [1.82, 2.24) is 4.98 Å². The van der Waals surface area contributed by atoms with Crippen LogP contribution in [0.15, 0.2) is 109 Å². The first-order valence-electron chi connectivity index (χ1n) is 11.4. The molecule has 0 aliphatic heterocycles. The lowest BCUT2D eigenvalue weighted by Gasteiger charge is -2.35. The number of hydrogen-bond donors (Lipinski definition) is 0. The number of fused-ring (bicyclic) bond motifs is 4. The highest BCUT2D eigenvalue weighted by molar-refractivity contribution is 5.91. The summed E-state index contributed by atoms with van der Waals surface area (Å²) < 4.78 is 0. The average Bonchev–Trinajstić information content (AvgIpc) is 2.85. The normalized spacial score (nSPS) is 14.9. The Morgan fingerprint density at radius 3 is 2.00 bits per heavy atom. The fourth-order valence-corrected chi connectivity index (χ4v) is 5.59. The molecule has 1 atom stereocenters. The van der Waals surface area contributed by atoms with Crippen LogP contribution in [0.2, 0.25) is 0 Å². The van der Waals surface area contributed by atoms with E-state index in [0.717, 1.165) is 11.9 Å². The lowest BCUT2D eigenvalue weighted by molar-refractivity contribution is 0.588. The van der Waals surface area contributed by atoms with Gasteiger partial charge in [-0.2, -0.15) is 0 Å². The molecule has 154 valence electrons. The maximum absolute atomic E-state index is 5.20. The quantitative estimate of drug-likeness (QED) is 0.297. The van der Waals surface area contributed by atoms with E-state index in [2.05, 4.69) is 116 Å². The van der Waals surface area contributed by atoms with Gasteiger partial charge in [-0.3, -0.25) is 4.98 Å². The molecule has 0 spiro atoms. The Balaban J connectivity index is 1.60. The van der Waals surface area contributed by atoms with Crippen LogP contribution in [0.4, 0.5) is 0 Å². The third kappa shape index (κ3) is 3.05. The van der Waals surface area contributed by atoms with E-state index < -0.39 is 0 Å². The van der Waals surface area contributed by atoms with E-state index in [1.165, 1.54) is 44.5 Å². The molecule has 1 nitrogen and oxygen atoms in total. The van der Waals surface area contributed by atoms with E-state index in [1.54, 1.807) is 0 Å². The largest absolute Gasteiger partial charge is 0.252 e. The summed E-state index contributed by atoms with van der Waals surface area (Å²) in [7, 11) is 0. The number of para-hydroxylation sites is 1. The second-order valence-corrected chi connectivity index (χ2v) is 8.77. The van der Waals surface area contributed by atoms with Crippen LogP contribution in [-0.4, -0.2) is 4.98 Å². The first-order valence-corrected chi connectivity index (χ1v) is 11.4. The lowest BCUT2D eigenvalue weighted by atomic mass is 9.69. The predicted molar refractivity (Wildman–Crippen MR) is 133 cm³/mol. The minimum atomic E-state index is 0.278. The first kappa shape index (κ1) is 19.0. The van der Waals surface area contributed by atoms with Gasteiger partial charge in [0.15, 0.2) is 0 Å². The number of aromatic nitrogens is 1. The molecule has 1 heteroatoms. The van der Waals surface area contributed by atoms with Crippen LogP contribution < -0.4 is 0 Å². The predicted octanol–water partition coefficient (Wildman–Crippen LogP) is 7.68. The number of pyridine rings is 1. The van der Waals surface area contributed by atoms with Crippen molar-refractivity contribution in [3.63, 3.8) is 0 Å². The highest BCUT2D eigenvalue weighted by atomic mass is 14.7. The number of benzene rings is 4. The zero-order chi connectivity index (χ0) is 21.5. The number of rotatable bonds is 3. The van der Waals surface area contributed by atoms with Gasteiger partial charge in [0.2, 0.25) is 0 Å². The van der Waals surface area contributed by atoms with Gasteiger partial charge in [-0.15, -0.1) is 0 Å². The van der Waals surface area contributed by atoms with E-state index in [0.29, 0.717) is 5.92 Å². The summed E-state index contributed by atoms with van der Waals surface area (Å²) in [6.45, 7) is 2.26. The van der Waals surface area contributed by atoms with Gasteiger partial charge in [-0.25, -0.2) is 0 Å². The maximum Gasteiger partial charge on any atom is 0.0708 e. The SMILES string of the molecule is Cc1c2c(nc3ccccc13)CC(C(c1ccccc1)c1ccccc1)c1ccccc1-2. The summed E-state index contributed by atoms with van der Waals surface area (Å²) in [6.07, 6.45) is 0.937. The maximum atomic E-state index is 5.20. The van der Waals surface area contributed by atoms with Crippen molar-refractivity contribution in [3.8, 4) is 11.1 Å². The van der Waals surface area contributed by atoms with Crippen molar-refractivity contribution < 1.29 is 0 Å². The molecular weight excluding hydrogens is 386 g/mol. The van der Waals surface area contributed by atoms with Gasteiger partial charge < -0.3 is 0 Å². The third-order valence-electron chi connectivity index (χ3n) is 6.99. The fraction of sp³-hybridized carbons (Fsp3) is 0.129. The van der Waals surface area contributed by atoms with Crippen LogP contribution in [0.25, 0.3) is 22.0 Å². The zero-order valence-electron chi connectivity index (χ0n) is 18.2. The van der Waals surface area contributed by atoms with Gasteiger partial charge >= 0.3 is 0 Å². The highest BCUT2D eigenvalue weighted by Crippen LogP contribution is 2.49. The fourth-order valence-electron chi connectivity index (χ4n) is 5.59. The summed E-state index contributed by atoms with van der Waals surface area (Å²) in [5.41, 5.74) is 10.5. The van der Waals surface area contributed by atoms with Gasteiger partial charge in [0.25, 0.3) is 0 Å². The molecule has 0 amide bonds. The lowest BCUT2D eigenvalue weighted by Crippen LogP contribution is -2.21. The van der Waals surface area contributed by atoms with Gasteiger partial charge in [0, 0.05) is 28.5 Å². The molecule has 0 N–H and O–H groups in total. The summed E-state index contributed by atoms with van der Waals surface area (Å²) >= 11 is 0. The Labute approximate surface area is 189 Å². The van der Waals surface area contributed by atoms with E-state index in [4.69, 9.17) is 4.98 Å². The Hall–Kier alpha value is -3.71. The third-order valence-corrected chi connectivity index (χ3v) is 6.99. The first-order chi connectivity index (χ1) is 15.8. The van der Waals surface area contributed by atoms with Gasteiger partial charge in [-0.1, -0.05) is 103 Å². The number of hydrogen-bond acceptors (Lipinski definition) is 1. The highest BCUT2D eigenvalue weighted by Gasteiger charge is 2.34. The smallest absolute Gasteiger partial charge is 0.0708 e. The van der Waals surface area contributed by atoms with Gasteiger partial charge in [0.05, 0.1) is 5.52 Å². The van der Waals surface area contributed by atoms with Crippen molar-refractivity contribution in [2.24, 2.45) is 0 Å². The Bertz CT molecular complexity index is 1360. The summed E-state index contributed by atoms with van der Waals surface area (Å²) in [6, 6.07) is 39.4. The van der Waals surface area contributed by atoms with Crippen molar-refractivity contribution in [1.29, 1.82) is 0 Å². The molecule has 1 heterocycles. The number of aryl methyl sites for hydroxylation is 1. The topological polar surface area (TPSA) is 12.9 Å². The van der Waals surface area contributed by atoms with E-state index in [-0.39, 0.29) is 5.92 Å².